The number of aliphatic hydroxyl groups is 1. The predicted octanol–water partition coefficient (Wildman–Crippen LogP) is 6.02. The molecule has 0 amide bonds. The Kier molecular flexibility index (Phi) is 6.61. The van der Waals surface area contributed by atoms with Crippen LogP contribution in [0.4, 0.5) is 0 Å². The lowest BCUT2D eigenvalue weighted by molar-refractivity contribution is 0.0638. The fraction of sp³-hybridized carbons (Fsp3) is 0.708. The van der Waals surface area contributed by atoms with E-state index in [1.54, 1.807) is 0 Å². The van der Waals surface area contributed by atoms with Gasteiger partial charge in [0.1, 0.15) is 0 Å². The van der Waals surface area contributed by atoms with Crippen LogP contribution in [0.5, 0.6) is 0 Å². The van der Waals surface area contributed by atoms with Gasteiger partial charge in [-0.15, -0.1) is 0 Å². The van der Waals surface area contributed by atoms with Gasteiger partial charge in [-0.2, -0.15) is 5.10 Å². The molecule has 1 aliphatic rings. The maximum Gasteiger partial charge on any atom is 0.193 e. The van der Waals surface area contributed by atoms with Crippen molar-refractivity contribution in [3.63, 3.8) is 0 Å². The molecule has 1 aromatic heterocycles. The molecule has 0 radical (unpaired) electrons. The largest absolute Gasteiger partial charge is 0.386 e. The van der Waals surface area contributed by atoms with Crippen LogP contribution in [0.15, 0.2) is 24.4 Å². The van der Waals surface area contributed by atoms with Crippen molar-refractivity contribution in [1.82, 2.24) is 14.8 Å². The molecule has 5 heteroatoms. The van der Waals surface area contributed by atoms with E-state index in [2.05, 4.69) is 76.3 Å². The first-order valence-corrected chi connectivity index (χ1v) is 13.8. The molecule has 1 saturated heterocycles. The normalized spacial score (nSPS) is 21.8. The van der Waals surface area contributed by atoms with Crippen molar-refractivity contribution < 1.29 is 5.11 Å². The Morgan fingerprint density at radius 2 is 1.79 bits per heavy atom. The van der Waals surface area contributed by atoms with Gasteiger partial charge in [0, 0.05) is 10.9 Å². The van der Waals surface area contributed by atoms with Crippen LogP contribution >= 0.6 is 0 Å². The van der Waals surface area contributed by atoms with E-state index in [4.69, 9.17) is 5.10 Å². The quantitative estimate of drug-likeness (QED) is 0.519. The lowest BCUT2D eigenvalue weighted by Crippen LogP contribution is -2.52. The van der Waals surface area contributed by atoms with Crippen LogP contribution in [0.1, 0.15) is 85.8 Å². The molecule has 1 aromatic carbocycles. The number of hydrogen-bond donors (Lipinski definition) is 2. The molecule has 4 nitrogen and oxygen atoms in total. The second-order valence-electron chi connectivity index (χ2n) is 10.1. The zero-order valence-corrected chi connectivity index (χ0v) is 20.5. The molecule has 0 spiro atoms. The molecule has 1 aliphatic heterocycles. The van der Waals surface area contributed by atoms with E-state index < -0.39 is 14.3 Å². The highest BCUT2D eigenvalue weighted by Gasteiger charge is 2.47. The van der Waals surface area contributed by atoms with Crippen LogP contribution < -0.4 is 5.32 Å². The Balaban J connectivity index is 2.06. The lowest BCUT2D eigenvalue weighted by atomic mass is 9.82. The fourth-order valence-corrected chi connectivity index (χ4v) is 12.8. The fourth-order valence-electron chi connectivity index (χ4n) is 6.44. The molecule has 0 aliphatic carbocycles. The molecule has 2 unspecified atom stereocenters. The predicted molar refractivity (Wildman–Crippen MR) is 126 cm³/mol. The zero-order valence-electron chi connectivity index (χ0n) is 19.5. The van der Waals surface area contributed by atoms with Gasteiger partial charge in [-0.25, -0.2) is 0 Å². The average Bonchev–Trinajstić information content (AvgIpc) is 3.29. The topological polar surface area (TPSA) is 50.1 Å². The van der Waals surface area contributed by atoms with Gasteiger partial charge in [-0.1, -0.05) is 61.0 Å². The summed E-state index contributed by atoms with van der Waals surface area (Å²) in [5, 5.41) is 21.1. The third-order valence-corrected chi connectivity index (χ3v) is 14.2. The Labute approximate surface area is 178 Å². The van der Waals surface area contributed by atoms with E-state index in [-0.39, 0.29) is 5.54 Å². The molecule has 1 fully saturated rings. The molecule has 2 heterocycles. The first-order chi connectivity index (χ1) is 13.7. The van der Waals surface area contributed by atoms with Crippen molar-refractivity contribution in [2.24, 2.45) is 0 Å². The monoisotopic (exact) mass is 415 g/mol. The molecular formula is C24H41N3OSi. The van der Waals surface area contributed by atoms with Crippen LogP contribution in [0, 0.1) is 0 Å². The summed E-state index contributed by atoms with van der Waals surface area (Å²) in [6.45, 7) is 17.4. The van der Waals surface area contributed by atoms with Gasteiger partial charge >= 0.3 is 0 Å². The SMILES string of the molecule is CCCC1(C(O)c2ccc3c(cnn3[Si](C(C)C)(C(C)C)C(C)C)c2)CCCN1. The molecule has 0 saturated carbocycles. The first-order valence-electron chi connectivity index (χ1n) is 11.6. The summed E-state index contributed by atoms with van der Waals surface area (Å²) in [5.74, 6) is 0. The number of hydrogen-bond acceptors (Lipinski definition) is 3. The van der Waals surface area contributed by atoms with Crippen LogP contribution in [0.25, 0.3) is 10.9 Å². The van der Waals surface area contributed by atoms with Gasteiger partial charge < -0.3 is 10.4 Å². The summed E-state index contributed by atoms with van der Waals surface area (Å²) in [6.07, 6.45) is 5.83. The summed E-state index contributed by atoms with van der Waals surface area (Å²) >= 11 is 0. The second kappa shape index (κ2) is 8.52. The van der Waals surface area contributed by atoms with Crippen LogP contribution in [-0.2, 0) is 0 Å². The molecule has 2 aromatic rings. The van der Waals surface area contributed by atoms with Crippen molar-refractivity contribution >= 4 is 19.1 Å². The van der Waals surface area contributed by atoms with Gasteiger partial charge in [-0.3, -0.25) is 4.35 Å². The number of benzene rings is 1. The molecule has 29 heavy (non-hydrogen) atoms. The molecule has 2 atom stereocenters. The number of fused-ring (bicyclic) bond motifs is 1. The van der Waals surface area contributed by atoms with Crippen molar-refractivity contribution in [3.05, 3.63) is 30.0 Å². The van der Waals surface area contributed by atoms with E-state index in [0.29, 0.717) is 16.6 Å². The molecule has 162 valence electrons. The number of aromatic nitrogens is 2. The average molecular weight is 416 g/mol. The highest BCUT2D eigenvalue weighted by Crippen LogP contribution is 2.44. The standard InChI is InChI=1S/C24H41N3OSi/c1-8-12-24(13-9-14-25-24)23(28)20-10-11-22-21(15-20)16-26-27(22)29(17(2)3,18(4)5)19(6)7/h10-11,15-19,23,25,28H,8-9,12-14H2,1-7H3. The minimum atomic E-state index is -1.88. The minimum Gasteiger partial charge on any atom is -0.386 e. The van der Waals surface area contributed by atoms with Crippen LogP contribution in [0.2, 0.25) is 16.6 Å². The number of nitrogens with one attached hydrogen (secondary N) is 1. The van der Waals surface area contributed by atoms with Gasteiger partial charge in [0.25, 0.3) is 0 Å². The van der Waals surface area contributed by atoms with Crippen molar-refractivity contribution in [1.29, 1.82) is 0 Å². The highest BCUT2D eigenvalue weighted by atomic mass is 28.3. The van der Waals surface area contributed by atoms with E-state index >= 15 is 0 Å². The van der Waals surface area contributed by atoms with E-state index in [9.17, 15) is 5.11 Å². The maximum absolute atomic E-state index is 11.3. The van der Waals surface area contributed by atoms with Gasteiger partial charge in [0.15, 0.2) is 8.24 Å². The molecule has 3 rings (SSSR count). The number of aliphatic hydroxyl groups excluding tert-OH is 1. The van der Waals surface area contributed by atoms with E-state index in [1.807, 2.05) is 6.20 Å². The lowest BCUT2D eigenvalue weighted by Gasteiger charge is -2.43. The van der Waals surface area contributed by atoms with Crippen LogP contribution in [-0.4, -0.2) is 34.9 Å². The van der Waals surface area contributed by atoms with Crippen molar-refractivity contribution in [2.45, 2.75) is 102 Å². The number of rotatable bonds is 8. The second-order valence-corrected chi connectivity index (χ2v) is 15.7. The molecule has 2 N–H and O–H groups in total. The summed E-state index contributed by atoms with van der Waals surface area (Å²) in [5.41, 5.74) is 3.88. The summed E-state index contributed by atoms with van der Waals surface area (Å²) in [6, 6.07) is 6.54. The van der Waals surface area contributed by atoms with Gasteiger partial charge in [-0.05, 0) is 60.1 Å². The molecular weight excluding hydrogens is 374 g/mol. The van der Waals surface area contributed by atoms with Crippen molar-refractivity contribution in [3.8, 4) is 0 Å². The van der Waals surface area contributed by atoms with Gasteiger partial charge in [0.2, 0.25) is 0 Å². The van der Waals surface area contributed by atoms with E-state index in [1.165, 1.54) is 5.52 Å². The Hall–Kier alpha value is -1.17. The third kappa shape index (κ3) is 3.59. The number of nitrogens with zero attached hydrogens (tertiary/aromatic N) is 2. The van der Waals surface area contributed by atoms with Crippen LogP contribution in [0.3, 0.4) is 0 Å². The smallest absolute Gasteiger partial charge is 0.193 e. The first kappa shape index (κ1) is 22.5. The minimum absolute atomic E-state index is 0.176. The van der Waals surface area contributed by atoms with Gasteiger partial charge in [0.05, 0.1) is 17.8 Å². The third-order valence-electron chi connectivity index (χ3n) is 7.55. The maximum atomic E-state index is 11.3. The Morgan fingerprint density at radius 3 is 2.31 bits per heavy atom. The summed E-state index contributed by atoms with van der Waals surface area (Å²) in [4.78, 5) is 0. The van der Waals surface area contributed by atoms with Crippen molar-refractivity contribution in [2.75, 3.05) is 6.54 Å². The Morgan fingerprint density at radius 1 is 1.14 bits per heavy atom. The zero-order chi connectivity index (χ0) is 21.4. The highest BCUT2D eigenvalue weighted by molar-refractivity contribution is 6.82. The summed E-state index contributed by atoms with van der Waals surface area (Å²) < 4.78 is 2.41. The molecule has 0 bridgehead atoms. The Bertz CT molecular complexity index is 799. The summed E-state index contributed by atoms with van der Waals surface area (Å²) in [7, 11) is -1.88. The van der Waals surface area contributed by atoms with E-state index in [0.717, 1.165) is 43.2 Å².